The van der Waals surface area contributed by atoms with Crippen LogP contribution >= 0.6 is 0 Å². The van der Waals surface area contributed by atoms with Crippen molar-refractivity contribution in [2.45, 2.75) is 20.4 Å². The predicted molar refractivity (Wildman–Crippen MR) is 126 cm³/mol. The molecule has 0 spiro atoms. The van der Waals surface area contributed by atoms with Gasteiger partial charge < -0.3 is 15.2 Å². The molecule has 0 unspecified atom stereocenters. The van der Waals surface area contributed by atoms with E-state index in [2.05, 4.69) is 20.6 Å². The van der Waals surface area contributed by atoms with Crippen LogP contribution in [0.25, 0.3) is 11.3 Å². The SMILES string of the molecule is Cc1cc(=O)cc(C)n1CC(=O)Nc1ccc(Nc2cc(-c3ccccc3)ncn2)cc1. The average molecular weight is 425 g/mol. The quantitative estimate of drug-likeness (QED) is 0.481. The Labute approximate surface area is 185 Å². The summed E-state index contributed by atoms with van der Waals surface area (Å²) < 4.78 is 1.81. The number of carbonyl (C=O) groups is 1. The molecule has 0 saturated heterocycles. The number of amides is 1. The maximum atomic E-state index is 12.5. The van der Waals surface area contributed by atoms with Crippen molar-refractivity contribution in [3.05, 3.63) is 101 Å². The Morgan fingerprint density at radius 2 is 1.53 bits per heavy atom. The summed E-state index contributed by atoms with van der Waals surface area (Å²) in [7, 11) is 0. The highest BCUT2D eigenvalue weighted by atomic mass is 16.2. The summed E-state index contributed by atoms with van der Waals surface area (Å²) in [6.07, 6.45) is 1.53. The number of anilines is 3. The zero-order valence-corrected chi connectivity index (χ0v) is 17.9. The highest BCUT2D eigenvalue weighted by Gasteiger charge is 2.08. The van der Waals surface area contributed by atoms with Gasteiger partial charge in [-0.2, -0.15) is 0 Å². The van der Waals surface area contributed by atoms with Crippen LogP contribution in [0.15, 0.2) is 83.9 Å². The molecule has 7 heteroatoms. The fraction of sp³-hybridized carbons (Fsp3) is 0.120. The minimum atomic E-state index is -0.163. The lowest BCUT2D eigenvalue weighted by Gasteiger charge is -2.14. The molecule has 2 heterocycles. The lowest BCUT2D eigenvalue weighted by molar-refractivity contribution is -0.116. The molecule has 7 nitrogen and oxygen atoms in total. The number of aryl methyl sites for hydroxylation is 2. The summed E-state index contributed by atoms with van der Waals surface area (Å²) in [4.78, 5) is 32.7. The molecular weight excluding hydrogens is 402 g/mol. The maximum Gasteiger partial charge on any atom is 0.244 e. The van der Waals surface area contributed by atoms with Crippen molar-refractivity contribution >= 4 is 23.1 Å². The van der Waals surface area contributed by atoms with E-state index in [9.17, 15) is 9.59 Å². The monoisotopic (exact) mass is 425 g/mol. The second-order valence-corrected chi connectivity index (χ2v) is 7.46. The second-order valence-electron chi connectivity index (χ2n) is 7.46. The van der Waals surface area contributed by atoms with E-state index >= 15 is 0 Å². The summed E-state index contributed by atoms with van der Waals surface area (Å²) in [5.74, 6) is 0.517. The van der Waals surface area contributed by atoms with Gasteiger partial charge in [0.05, 0.1) is 5.69 Å². The fourth-order valence-electron chi connectivity index (χ4n) is 3.46. The fourth-order valence-corrected chi connectivity index (χ4v) is 3.46. The van der Waals surface area contributed by atoms with Crippen molar-refractivity contribution in [1.29, 1.82) is 0 Å². The van der Waals surface area contributed by atoms with Crippen molar-refractivity contribution in [1.82, 2.24) is 14.5 Å². The molecule has 32 heavy (non-hydrogen) atoms. The van der Waals surface area contributed by atoms with Gasteiger partial charge in [0.1, 0.15) is 18.7 Å². The highest BCUT2D eigenvalue weighted by Crippen LogP contribution is 2.22. The number of rotatable bonds is 6. The Kier molecular flexibility index (Phi) is 6.07. The third-order valence-electron chi connectivity index (χ3n) is 5.03. The molecule has 4 rings (SSSR count). The van der Waals surface area contributed by atoms with Crippen LogP contribution in [0.4, 0.5) is 17.2 Å². The standard InChI is InChI=1S/C25H23N5O2/c1-17-12-22(31)13-18(2)30(17)15-25(32)29-21-10-8-20(9-11-21)28-24-14-23(26-16-27-24)19-6-4-3-5-7-19/h3-14,16H,15H2,1-2H3,(H,29,32)(H,26,27,28). The third kappa shape index (κ3) is 5.07. The average Bonchev–Trinajstić information content (AvgIpc) is 2.78. The van der Waals surface area contributed by atoms with E-state index in [0.717, 1.165) is 28.3 Å². The van der Waals surface area contributed by atoms with E-state index in [0.29, 0.717) is 11.5 Å². The van der Waals surface area contributed by atoms with Gasteiger partial charge in [0.25, 0.3) is 0 Å². The Morgan fingerprint density at radius 1 is 0.875 bits per heavy atom. The lowest BCUT2D eigenvalue weighted by atomic mass is 10.1. The minimum Gasteiger partial charge on any atom is -0.340 e. The molecule has 0 radical (unpaired) electrons. The molecule has 160 valence electrons. The lowest BCUT2D eigenvalue weighted by Crippen LogP contribution is -2.23. The first kappa shape index (κ1) is 21.0. The van der Waals surface area contributed by atoms with Gasteiger partial charge in [-0.1, -0.05) is 30.3 Å². The number of nitrogens with zero attached hydrogens (tertiary/aromatic N) is 3. The third-order valence-corrected chi connectivity index (χ3v) is 5.03. The molecule has 0 aliphatic carbocycles. The summed E-state index contributed by atoms with van der Waals surface area (Å²) in [5, 5.41) is 6.15. The minimum absolute atomic E-state index is 0.0562. The first-order valence-electron chi connectivity index (χ1n) is 10.2. The van der Waals surface area contributed by atoms with Gasteiger partial charge >= 0.3 is 0 Å². The molecule has 2 aromatic carbocycles. The van der Waals surface area contributed by atoms with Crippen molar-refractivity contribution in [2.75, 3.05) is 10.6 Å². The summed E-state index contributed by atoms with van der Waals surface area (Å²) >= 11 is 0. The van der Waals surface area contributed by atoms with Gasteiger partial charge in [-0.15, -0.1) is 0 Å². The van der Waals surface area contributed by atoms with Crippen LogP contribution in [0.3, 0.4) is 0 Å². The first-order chi connectivity index (χ1) is 15.5. The number of aromatic nitrogens is 3. The van der Waals surface area contributed by atoms with E-state index in [1.807, 2.05) is 79.1 Å². The second kappa shape index (κ2) is 9.26. The number of hydrogen-bond acceptors (Lipinski definition) is 5. The van der Waals surface area contributed by atoms with Crippen molar-refractivity contribution in [2.24, 2.45) is 0 Å². The number of carbonyl (C=O) groups excluding carboxylic acids is 1. The maximum absolute atomic E-state index is 12.5. The van der Waals surface area contributed by atoms with Crippen LogP contribution in [-0.4, -0.2) is 20.4 Å². The molecule has 0 fully saturated rings. The first-order valence-corrected chi connectivity index (χ1v) is 10.2. The Morgan fingerprint density at radius 3 is 2.22 bits per heavy atom. The van der Waals surface area contributed by atoms with Gasteiger partial charge in [-0.25, -0.2) is 9.97 Å². The van der Waals surface area contributed by atoms with E-state index < -0.39 is 0 Å². The van der Waals surface area contributed by atoms with Gasteiger partial charge in [0.2, 0.25) is 5.91 Å². The summed E-state index contributed by atoms with van der Waals surface area (Å²) in [6, 6.07) is 22.2. The van der Waals surface area contributed by atoms with Crippen LogP contribution in [0.5, 0.6) is 0 Å². The van der Waals surface area contributed by atoms with Crippen LogP contribution in [-0.2, 0) is 11.3 Å². The predicted octanol–water partition coefficient (Wildman–Crippen LogP) is 4.30. The van der Waals surface area contributed by atoms with Crippen LogP contribution in [0, 0.1) is 13.8 Å². The van der Waals surface area contributed by atoms with Crippen LogP contribution < -0.4 is 16.1 Å². The molecule has 2 N–H and O–H groups in total. The molecule has 2 aromatic heterocycles. The molecule has 0 aliphatic rings. The normalized spacial score (nSPS) is 10.6. The highest BCUT2D eigenvalue weighted by molar-refractivity contribution is 5.90. The van der Waals surface area contributed by atoms with E-state index in [1.165, 1.54) is 18.5 Å². The molecule has 0 saturated carbocycles. The summed E-state index contributed by atoms with van der Waals surface area (Å²) in [6.45, 7) is 3.78. The van der Waals surface area contributed by atoms with Gasteiger partial charge in [-0.3, -0.25) is 9.59 Å². The molecular formula is C25H23N5O2. The molecule has 0 atom stereocenters. The Balaban J connectivity index is 1.41. The Hall–Kier alpha value is -4.26. The number of hydrogen-bond donors (Lipinski definition) is 2. The topological polar surface area (TPSA) is 88.9 Å². The van der Waals surface area contributed by atoms with Crippen molar-refractivity contribution in [3.63, 3.8) is 0 Å². The van der Waals surface area contributed by atoms with E-state index in [1.54, 1.807) is 0 Å². The smallest absolute Gasteiger partial charge is 0.244 e. The largest absolute Gasteiger partial charge is 0.340 e. The van der Waals surface area contributed by atoms with E-state index in [4.69, 9.17) is 0 Å². The molecule has 0 aliphatic heterocycles. The Bertz CT molecular complexity index is 1270. The van der Waals surface area contributed by atoms with Gasteiger partial charge in [0.15, 0.2) is 5.43 Å². The molecule has 0 bridgehead atoms. The zero-order chi connectivity index (χ0) is 22.5. The molecule has 1 amide bonds. The van der Waals surface area contributed by atoms with Gasteiger partial charge in [0, 0.05) is 46.5 Å². The number of pyridine rings is 1. The molecule has 4 aromatic rings. The summed E-state index contributed by atoms with van der Waals surface area (Å²) in [5.41, 5.74) is 4.83. The number of benzene rings is 2. The van der Waals surface area contributed by atoms with Crippen LogP contribution in [0.2, 0.25) is 0 Å². The van der Waals surface area contributed by atoms with Crippen molar-refractivity contribution in [3.8, 4) is 11.3 Å². The number of nitrogens with one attached hydrogen (secondary N) is 2. The van der Waals surface area contributed by atoms with Crippen molar-refractivity contribution < 1.29 is 4.79 Å². The van der Waals surface area contributed by atoms with E-state index in [-0.39, 0.29) is 17.9 Å². The van der Waals surface area contributed by atoms with Gasteiger partial charge in [-0.05, 0) is 38.1 Å². The van der Waals surface area contributed by atoms with Crippen LogP contribution in [0.1, 0.15) is 11.4 Å². The zero-order valence-electron chi connectivity index (χ0n) is 17.9.